The molecule has 9 nitrogen and oxygen atoms in total. The minimum absolute atomic E-state index is 0.287. The van der Waals surface area contributed by atoms with E-state index in [4.69, 9.17) is 9.90 Å². The molecule has 3 aliphatic rings. The normalized spacial score (nSPS) is 22.7. The molecule has 1 aromatic heterocycles. The Bertz CT molecular complexity index is 791. The van der Waals surface area contributed by atoms with Crippen LogP contribution in [0.4, 0.5) is 13.2 Å². The van der Waals surface area contributed by atoms with Crippen LogP contribution in [0.5, 0.6) is 0 Å². The first-order chi connectivity index (χ1) is 16.2. The highest BCUT2D eigenvalue weighted by atomic mass is 19.4. The van der Waals surface area contributed by atoms with E-state index in [0.29, 0.717) is 11.8 Å². The van der Waals surface area contributed by atoms with Crippen LogP contribution in [0.1, 0.15) is 50.6 Å². The molecule has 1 aromatic rings. The Balaban J connectivity index is 0.000000406. The van der Waals surface area contributed by atoms with Gasteiger partial charge in [0.25, 0.3) is 0 Å². The molecule has 2 N–H and O–H groups in total. The molecule has 3 fully saturated rings. The van der Waals surface area contributed by atoms with Crippen molar-refractivity contribution in [3.05, 3.63) is 11.9 Å². The Morgan fingerprint density at radius 2 is 1.74 bits per heavy atom. The van der Waals surface area contributed by atoms with Crippen LogP contribution in [0.3, 0.4) is 0 Å². The number of aromatic nitrogens is 3. The van der Waals surface area contributed by atoms with Gasteiger partial charge in [0, 0.05) is 64.5 Å². The van der Waals surface area contributed by atoms with Gasteiger partial charge in [0.05, 0.1) is 5.69 Å². The molecule has 0 aromatic carbocycles. The third-order valence-corrected chi connectivity index (χ3v) is 6.65. The van der Waals surface area contributed by atoms with Gasteiger partial charge in [-0.25, -0.2) is 4.79 Å². The number of rotatable bonds is 5. The number of piperidine rings is 1. The zero-order valence-electron chi connectivity index (χ0n) is 19.5. The number of carboxylic acid groups (broad SMARTS) is 1. The maximum atomic E-state index is 12.9. The molecule has 2 saturated heterocycles. The van der Waals surface area contributed by atoms with E-state index in [1.807, 2.05) is 4.68 Å². The summed E-state index contributed by atoms with van der Waals surface area (Å²) in [6.07, 6.45) is 5.26. The molecule has 4 rings (SSSR count). The van der Waals surface area contributed by atoms with Gasteiger partial charge >= 0.3 is 12.1 Å². The fourth-order valence-corrected chi connectivity index (χ4v) is 4.89. The summed E-state index contributed by atoms with van der Waals surface area (Å²) in [6.45, 7) is 7.87. The molecule has 0 spiro atoms. The van der Waals surface area contributed by atoms with E-state index in [1.165, 1.54) is 25.7 Å². The predicted octanol–water partition coefficient (Wildman–Crippen LogP) is 2.14. The molecule has 0 bridgehead atoms. The highest BCUT2D eigenvalue weighted by molar-refractivity contribution is 5.79. The van der Waals surface area contributed by atoms with E-state index in [-0.39, 0.29) is 5.92 Å². The van der Waals surface area contributed by atoms with Gasteiger partial charge in [-0.3, -0.25) is 14.4 Å². The van der Waals surface area contributed by atoms with Crippen molar-refractivity contribution >= 4 is 11.9 Å². The lowest BCUT2D eigenvalue weighted by atomic mass is 9.87. The number of nitrogens with one attached hydrogen (secondary N) is 1. The molecule has 2 aliphatic heterocycles. The zero-order valence-corrected chi connectivity index (χ0v) is 19.5. The van der Waals surface area contributed by atoms with Crippen molar-refractivity contribution in [1.29, 1.82) is 0 Å². The molecule has 1 aliphatic carbocycles. The largest absolute Gasteiger partial charge is 0.490 e. The Morgan fingerprint density at radius 1 is 1.06 bits per heavy atom. The summed E-state index contributed by atoms with van der Waals surface area (Å²) in [5, 5.41) is 19.2. The lowest BCUT2D eigenvalue weighted by Gasteiger charge is -2.35. The second kappa shape index (κ2) is 12.5. The van der Waals surface area contributed by atoms with Crippen LogP contribution < -0.4 is 5.32 Å². The first kappa shape index (κ1) is 26.4. The van der Waals surface area contributed by atoms with E-state index in [0.717, 1.165) is 77.3 Å². The average molecular weight is 489 g/mol. The summed E-state index contributed by atoms with van der Waals surface area (Å²) in [6, 6.07) is 0. The SMILES string of the molecule is O=C(C1CCCCC1)N1CCCC(Cn2cc(CN3CCNCC3)nn2)C1.O=C(O)C(F)(F)F. The number of hydrogen-bond donors (Lipinski definition) is 2. The van der Waals surface area contributed by atoms with Crippen molar-refractivity contribution in [2.75, 3.05) is 39.3 Å². The molecule has 0 radical (unpaired) electrons. The van der Waals surface area contributed by atoms with Gasteiger partial charge in [-0.05, 0) is 31.6 Å². The van der Waals surface area contributed by atoms with Crippen molar-refractivity contribution < 1.29 is 27.9 Å². The number of hydrogen-bond acceptors (Lipinski definition) is 6. The van der Waals surface area contributed by atoms with E-state index < -0.39 is 12.1 Å². The van der Waals surface area contributed by atoms with Crippen LogP contribution in [-0.4, -0.2) is 87.2 Å². The number of piperazine rings is 1. The third kappa shape index (κ3) is 8.23. The van der Waals surface area contributed by atoms with Gasteiger partial charge in [-0.1, -0.05) is 24.5 Å². The quantitative estimate of drug-likeness (QED) is 0.655. The summed E-state index contributed by atoms with van der Waals surface area (Å²) < 4.78 is 33.7. The summed E-state index contributed by atoms with van der Waals surface area (Å²) in [4.78, 5) is 26.3. The number of likely N-dealkylation sites (tertiary alicyclic amines) is 1. The second-order valence-corrected chi connectivity index (χ2v) is 9.39. The van der Waals surface area contributed by atoms with Crippen molar-refractivity contribution in [2.24, 2.45) is 11.8 Å². The smallest absolute Gasteiger partial charge is 0.475 e. The summed E-state index contributed by atoms with van der Waals surface area (Å²) >= 11 is 0. The monoisotopic (exact) mass is 488 g/mol. The lowest BCUT2D eigenvalue weighted by Crippen LogP contribution is -2.44. The topological polar surface area (TPSA) is 104 Å². The number of carbonyl (C=O) groups excluding carboxylic acids is 1. The van der Waals surface area contributed by atoms with Crippen molar-refractivity contribution in [3.63, 3.8) is 0 Å². The number of aliphatic carboxylic acids is 1. The molecule has 1 unspecified atom stereocenters. The first-order valence-electron chi connectivity index (χ1n) is 12.1. The van der Waals surface area contributed by atoms with Gasteiger partial charge < -0.3 is 15.3 Å². The van der Waals surface area contributed by atoms with Crippen LogP contribution in [0.25, 0.3) is 0 Å². The van der Waals surface area contributed by atoms with Gasteiger partial charge in [0.2, 0.25) is 5.91 Å². The summed E-state index contributed by atoms with van der Waals surface area (Å²) in [5.74, 6) is -1.56. The highest BCUT2D eigenvalue weighted by Crippen LogP contribution is 2.28. The minimum Gasteiger partial charge on any atom is -0.475 e. The van der Waals surface area contributed by atoms with Gasteiger partial charge in [0.1, 0.15) is 0 Å². The predicted molar refractivity (Wildman–Crippen MR) is 118 cm³/mol. The van der Waals surface area contributed by atoms with Crippen LogP contribution in [0, 0.1) is 11.8 Å². The first-order valence-corrected chi connectivity index (χ1v) is 12.1. The average Bonchev–Trinajstić information content (AvgIpc) is 3.26. The highest BCUT2D eigenvalue weighted by Gasteiger charge is 2.38. The molecule has 1 saturated carbocycles. The Morgan fingerprint density at radius 3 is 2.38 bits per heavy atom. The van der Waals surface area contributed by atoms with Crippen molar-refractivity contribution in [2.45, 2.75) is 64.2 Å². The Labute approximate surface area is 197 Å². The maximum absolute atomic E-state index is 12.9. The standard InChI is InChI=1S/C20H34N6O.C2HF3O2/c27-20(18-6-2-1-3-7-18)25-10-4-5-17(13-25)14-26-16-19(22-23-26)15-24-11-8-21-9-12-24;3-2(4,5)1(6)7/h16-18,21H,1-15H2;(H,6,7). The number of nitrogens with zero attached hydrogens (tertiary/aromatic N) is 5. The molecule has 3 heterocycles. The van der Waals surface area contributed by atoms with Crippen LogP contribution >= 0.6 is 0 Å². The number of carboxylic acids is 1. The minimum atomic E-state index is -5.08. The summed E-state index contributed by atoms with van der Waals surface area (Å²) in [5.41, 5.74) is 1.06. The molecular weight excluding hydrogens is 453 g/mol. The van der Waals surface area contributed by atoms with E-state index in [9.17, 15) is 18.0 Å². The van der Waals surface area contributed by atoms with Gasteiger partial charge in [-0.15, -0.1) is 5.10 Å². The van der Waals surface area contributed by atoms with Crippen LogP contribution in [0.2, 0.25) is 0 Å². The number of halogens is 3. The number of alkyl halides is 3. The van der Waals surface area contributed by atoms with Gasteiger partial charge in [-0.2, -0.15) is 13.2 Å². The zero-order chi connectivity index (χ0) is 24.6. The van der Waals surface area contributed by atoms with E-state index >= 15 is 0 Å². The van der Waals surface area contributed by atoms with E-state index in [2.05, 4.69) is 31.6 Å². The molecular formula is C22H35F3N6O3. The fourth-order valence-electron chi connectivity index (χ4n) is 4.89. The van der Waals surface area contributed by atoms with Crippen LogP contribution in [-0.2, 0) is 22.7 Å². The summed E-state index contributed by atoms with van der Waals surface area (Å²) in [7, 11) is 0. The van der Waals surface area contributed by atoms with Crippen molar-refractivity contribution in [3.8, 4) is 0 Å². The molecule has 1 amide bonds. The van der Waals surface area contributed by atoms with Gasteiger partial charge in [0.15, 0.2) is 0 Å². The molecule has 34 heavy (non-hydrogen) atoms. The Hall–Kier alpha value is -2.21. The molecule has 192 valence electrons. The fraction of sp³-hybridized carbons (Fsp3) is 0.818. The number of carbonyl (C=O) groups is 2. The molecule has 1 atom stereocenters. The maximum Gasteiger partial charge on any atom is 0.490 e. The molecule has 12 heteroatoms. The van der Waals surface area contributed by atoms with Crippen LogP contribution in [0.15, 0.2) is 6.20 Å². The lowest BCUT2D eigenvalue weighted by molar-refractivity contribution is -0.192. The van der Waals surface area contributed by atoms with E-state index in [1.54, 1.807) is 0 Å². The third-order valence-electron chi connectivity index (χ3n) is 6.65. The van der Waals surface area contributed by atoms with Crippen molar-refractivity contribution in [1.82, 2.24) is 30.1 Å². The Kier molecular flexibility index (Phi) is 9.69. The second-order valence-electron chi connectivity index (χ2n) is 9.39. The number of amides is 1.